The van der Waals surface area contributed by atoms with Crippen LogP contribution < -0.4 is 21.7 Å². The largest absolute Gasteiger partial charge is 0.369 e. The lowest BCUT2D eigenvalue weighted by atomic mass is 9.87. The molecule has 256 valence electrons. The van der Waals surface area contributed by atoms with Crippen LogP contribution in [0.5, 0.6) is 0 Å². The van der Waals surface area contributed by atoms with Gasteiger partial charge in [0, 0.05) is 38.0 Å². The molecule has 0 radical (unpaired) electrons. The Morgan fingerprint density at radius 1 is 0.804 bits per heavy atom. The fourth-order valence-electron chi connectivity index (χ4n) is 4.85. The summed E-state index contributed by atoms with van der Waals surface area (Å²) in [5.41, 5.74) is 6.89. The number of rotatable bonds is 23. The van der Waals surface area contributed by atoms with E-state index in [0.717, 1.165) is 51.4 Å². The summed E-state index contributed by atoms with van der Waals surface area (Å²) in [4.78, 5) is 36.7. The number of amides is 3. The molecule has 3 amide bonds. The van der Waals surface area contributed by atoms with E-state index >= 15 is 0 Å². The third-order valence-corrected chi connectivity index (χ3v) is 7.43. The molecule has 3 atom stereocenters. The predicted octanol–water partition coefficient (Wildman–Crippen LogP) is 6.43. The van der Waals surface area contributed by atoms with Crippen LogP contribution in [0.15, 0.2) is 84.6 Å². The average Bonchev–Trinajstić information content (AvgIpc) is 3.04. The molecule has 1 aliphatic carbocycles. The Bertz CT molecular complexity index is 1080. The van der Waals surface area contributed by atoms with Crippen molar-refractivity contribution in [3.8, 4) is 0 Å². The van der Waals surface area contributed by atoms with E-state index in [1.54, 1.807) is 6.08 Å². The first-order valence-corrected chi connectivity index (χ1v) is 17.2. The van der Waals surface area contributed by atoms with E-state index in [0.29, 0.717) is 37.9 Å². The molecule has 0 aliphatic heterocycles. The van der Waals surface area contributed by atoms with Crippen LogP contribution >= 0.6 is 0 Å². The highest BCUT2D eigenvalue weighted by Crippen LogP contribution is 2.23. The van der Waals surface area contributed by atoms with Gasteiger partial charge in [0.05, 0.1) is 18.2 Å². The molecule has 0 heterocycles. The van der Waals surface area contributed by atoms with Crippen molar-refractivity contribution >= 4 is 17.7 Å². The summed E-state index contributed by atoms with van der Waals surface area (Å²) in [6.07, 6.45) is 36.1. The molecule has 0 aromatic rings. The van der Waals surface area contributed by atoms with Crippen molar-refractivity contribution in [2.45, 2.75) is 123 Å². The maximum atomic E-state index is 12.8. The van der Waals surface area contributed by atoms with E-state index in [1.807, 2.05) is 19.9 Å². The first kappa shape index (κ1) is 40.5. The average molecular weight is 637 g/mol. The van der Waals surface area contributed by atoms with Gasteiger partial charge in [-0.05, 0) is 70.3 Å². The molecule has 0 fully saturated rings. The van der Waals surface area contributed by atoms with E-state index in [4.69, 9.17) is 10.5 Å². The topological polar surface area (TPSA) is 123 Å². The summed E-state index contributed by atoms with van der Waals surface area (Å²) in [5.74, 6) is -0.469. The van der Waals surface area contributed by atoms with Crippen LogP contribution in [-0.2, 0) is 19.1 Å². The highest BCUT2D eigenvalue weighted by Gasteiger charge is 2.35. The second-order valence-electron chi connectivity index (χ2n) is 11.4. The standard InChI is InChI=1S/C38H60N4O4/c1-5-8-9-10-11-12-13-14-15-16-17-18-19-20-21-22-23-24-25-26-36(44)40-27-28-41-38(45)32-29-34(39)37(42-31(4)43)35(30-32)46-33(6-2)7-3/h8-9,11-12,14-15,17-18,20-21,23-24,30,33-35,37H,5-7,10,13,16,19,22,25-29,39H2,1-4H3,(H,40,44)(H,41,45)(H,42,43)/b9-8-,12-11-,15-14-,18-17-,21-20-,24-23-/t34-,35+,37+/m0/s1. The Labute approximate surface area is 278 Å². The van der Waals surface area contributed by atoms with Crippen molar-refractivity contribution in [2.75, 3.05) is 13.1 Å². The zero-order chi connectivity index (χ0) is 33.8. The van der Waals surface area contributed by atoms with Crippen LogP contribution in [0.3, 0.4) is 0 Å². The number of nitrogens with one attached hydrogen (secondary N) is 3. The zero-order valence-electron chi connectivity index (χ0n) is 28.7. The lowest BCUT2D eigenvalue weighted by Gasteiger charge is -2.36. The van der Waals surface area contributed by atoms with E-state index in [2.05, 4.69) is 89.7 Å². The van der Waals surface area contributed by atoms with Crippen LogP contribution in [0.25, 0.3) is 0 Å². The van der Waals surface area contributed by atoms with Crippen molar-refractivity contribution in [1.29, 1.82) is 0 Å². The summed E-state index contributed by atoms with van der Waals surface area (Å²) in [5, 5.41) is 8.60. The number of hydrogen-bond acceptors (Lipinski definition) is 5. The summed E-state index contributed by atoms with van der Waals surface area (Å²) >= 11 is 0. The van der Waals surface area contributed by atoms with Crippen molar-refractivity contribution in [3.63, 3.8) is 0 Å². The smallest absolute Gasteiger partial charge is 0.247 e. The highest BCUT2D eigenvalue weighted by atomic mass is 16.5. The number of allylic oxidation sites excluding steroid dienone is 12. The molecule has 0 aromatic carbocycles. The highest BCUT2D eigenvalue weighted by molar-refractivity contribution is 5.94. The fourth-order valence-corrected chi connectivity index (χ4v) is 4.85. The summed E-state index contributed by atoms with van der Waals surface area (Å²) < 4.78 is 6.20. The Morgan fingerprint density at radius 2 is 1.30 bits per heavy atom. The summed E-state index contributed by atoms with van der Waals surface area (Å²) in [6, 6.07) is -0.835. The van der Waals surface area contributed by atoms with Crippen LogP contribution in [0.4, 0.5) is 0 Å². The van der Waals surface area contributed by atoms with Gasteiger partial charge in [0.25, 0.3) is 0 Å². The third-order valence-electron chi connectivity index (χ3n) is 7.43. The molecule has 0 aromatic heterocycles. The number of carbonyl (C=O) groups is 3. The van der Waals surface area contributed by atoms with Crippen LogP contribution in [0.1, 0.15) is 98.3 Å². The number of carbonyl (C=O) groups excluding carboxylic acids is 3. The van der Waals surface area contributed by atoms with Gasteiger partial charge in [0.15, 0.2) is 0 Å². The molecule has 0 spiro atoms. The molecule has 1 rings (SSSR count). The van der Waals surface area contributed by atoms with E-state index in [9.17, 15) is 14.4 Å². The van der Waals surface area contributed by atoms with Gasteiger partial charge >= 0.3 is 0 Å². The SMILES string of the molecule is CC/C=C\C/C=C\C/C=C\C/C=C\C/C=C\C/C=C\CCC(=O)NCCNC(=O)C1=C[C@@H](OC(CC)CC)[C@H](NC(C)=O)[C@@H](N)C1. The van der Waals surface area contributed by atoms with Gasteiger partial charge in [-0.25, -0.2) is 0 Å². The normalized spacial score (nSPS) is 19.0. The Balaban J connectivity index is 2.24. The fraction of sp³-hybridized carbons (Fsp3) is 0.553. The Kier molecular flexibility index (Phi) is 23.5. The van der Waals surface area contributed by atoms with Crippen molar-refractivity contribution in [1.82, 2.24) is 16.0 Å². The van der Waals surface area contributed by atoms with Gasteiger partial charge < -0.3 is 26.4 Å². The minimum absolute atomic E-state index is 0.00949. The maximum absolute atomic E-state index is 12.8. The minimum Gasteiger partial charge on any atom is -0.369 e. The molecule has 0 unspecified atom stereocenters. The Hall–Kier alpha value is -3.49. The van der Waals surface area contributed by atoms with Gasteiger partial charge in [-0.3, -0.25) is 14.4 Å². The Morgan fingerprint density at radius 3 is 1.80 bits per heavy atom. The summed E-state index contributed by atoms with van der Waals surface area (Å²) in [6.45, 7) is 8.33. The molecule has 0 bridgehead atoms. The molecule has 5 N–H and O–H groups in total. The molecular formula is C38H60N4O4. The van der Waals surface area contributed by atoms with Gasteiger partial charge in [-0.1, -0.05) is 93.7 Å². The van der Waals surface area contributed by atoms with Gasteiger partial charge in [-0.2, -0.15) is 0 Å². The van der Waals surface area contributed by atoms with Gasteiger partial charge in [0.2, 0.25) is 17.7 Å². The predicted molar refractivity (Wildman–Crippen MR) is 191 cm³/mol. The first-order chi connectivity index (χ1) is 22.3. The zero-order valence-corrected chi connectivity index (χ0v) is 28.7. The van der Waals surface area contributed by atoms with Gasteiger partial charge in [-0.15, -0.1) is 0 Å². The molecule has 0 saturated carbocycles. The molecule has 8 heteroatoms. The van der Waals surface area contributed by atoms with Crippen LogP contribution in [0, 0.1) is 0 Å². The second kappa shape index (κ2) is 26.7. The van der Waals surface area contributed by atoms with Crippen LogP contribution in [-0.4, -0.2) is 55.1 Å². The first-order valence-electron chi connectivity index (χ1n) is 17.2. The number of ether oxygens (including phenoxy) is 1. The van der Waals surface area contributed by atoms with Crippen molar-refractivity contribution in [2.24, 2.45) is 5.73 Å². The lowest BCUT2D eigenvalue weighted by Crippen LogP contribution is -2.57. The maximum Gasteiger partial charge on any atom is 0.247 e. The van der Waals surface area contributed by atoms with Crippen molar-refractivity contribution in [3.05, 3.63) is 84.6 Å². The lowest BCUT2D eigenvalue weighted by molar-refractivity contribution is -0.122. The van der Waals surface area contributed by atoms with Gasteiger partial charge in [0.1, 0.15) is 0 Å². The summed E-state index contributed by atoms with van der Waals surface area (Å²) in [7, 11) is 0. The monoisotopic (exact) mass is 636 g/mol. The molecule has 0 saturated heterocycles. The molecule has 8 nitrogen and oxygen atoms in total. The third kappa shape index (κ3) is 19.8. The number of nitrogens with two attached hydrogens (primary N) is 1. The van der Waals surface area contributed by atoms with E-state index in [-0.39, 0.29) is 23.8 Å². The quantitative estimate of drug-likeness (QED) is 0.0760. The molecular weight excluding hydrogens is 576 g/mol. The molecule has 1 aliphatic rings. The number of hydrogen-bond donors (Lipinski definition) is 4. The molecule has 46 heavy (non-hydrogen) atoms. The van der Waals surface area contributed by atoms with E-state index < -0.39 is 18.2 Å². The van der Waals surface area contributed by atoms with Crippen molar-refractivity contribution < 1.29 is 19.1 Å². The second-order valence-corrected chi connectivity index (χ2v) is 11.4. The van der Waals surface area contributed by atoms with E-state index in [1.165, 1.54) is 6.92 Å². The van der Waals surface area contributed by atoms with Crippen LogP contribution in [0.2, 0.25) is 0 Å². The minimum atomic E-state index is -0.480.